The normalized spacial score (nSPS) is 32.4. The molecule has 10 heavy (non-hydrogen) atoms. The summed E-state index contributed by atoms with van der Waals surface area (Å²) < 4.78 is 0. The van der Waals surface area contributed by atoms with Crippen LogP contribution in [-0.2, 0) is 0 Å². The molecule has 1 fully saturated rings. The van der Waals surface area contributed by atoms with Crippen LogP contribution in [0.3, 0.4) is 0 Å². The molecule has 0 spiro atoms. The molecule has 3 heteroatoms. The van der Waals surface area contributed by atoms with Crippen molar-refractivity contribution in [3.63, 3.8) is 0 Å². The SMILES string of the molecule is CN(CCN)C1CC(O)C1. The van der Waals surface area contributed by atoms with Crippen LogP contribution in [0, 0.1) is 0 Å². The molecule has 3 N–H and O–H groups in total. The lowest BCUT2D eigenvalue weighted by molar-refractivity contribution is 0.0135. The minimum Gasteiger partial charge on any atom is -0.393 e. The van der Waals surface area contributed by atoms with Crippen LogP contribution in [0.5, 0.6) is 0 Å². The van der Waals surface area contributed by atoms with E-state index in [0.717, 1.165) is 19.4 Å². The van der Waals surface area contributed by atoms with E-state index >= 15 is 0 Å². The maximum absolute atomic E-state index is 8.98. The average molecular weight is 144 g/mol. The second-order valence-corrected chi connectivity index (χ2v) is 3.05. The van der Waals surface area contributed by atoms with Crippen molar-refractivity contribution in [1.82, 2.24) is 4.90 Å². The largest absolute Gasteiger partial charge is 0.393 e. The summed E-state index contributed by atoms with van der Waals surface area (Å²) in [6, 6.07) is 0.582. The summed E-state index contributed by atoms with van der Waals surface area (Å²) in [6.07, 6.45) is 1.80. The molecule has 0 aromatic rings. The number of hydrogen-bond donors (Lipinski definition) is 2. The fourth-order valence-corrected chi connectivity index (χ4v) is 1.31. The fourth-order valence-electron chi connectivity index (χ4n) is 1.31. The number of likely N-dealkylation sites (N-methyl/N-ethyl adjacent to an activating group) is 1. The highest BCUT2D eigenvalue weighted by Crippen LogP contribution is 2.23. The van der Waals surface area contributed by atoms with E-state index in [2.05, 4.69) is 11.9 Å². The molecule has 0 unspecified atom stereocenters. The molecule has 0 atom stereocenters. The highest BCUT2D eigenvalue weighted by molar-refractivity contribution is 4.85. The molecule has 1 rings (SSSR count). The Balaban J connectivity index is 2.11. The topological polar surface area (TPSA) is 49.5 Å². The van der Waals surface area contributed by atoms with Gasteiger partial charge >= 0.3 is 0 Å². The molecule has 1 aliphatic carbocycles. The smallest absolute Gasteiger partial charge is 0.0570 e. The number of aliphatic hydroxyl groups is 1. The fraction of sp³-hybridized carbons (Fsp3) is 1.00. The van der Waals surface area contributed by atoms with Gasteiger partial charge in [-0.25, -0.2) is 0 Å². The summed E-state index contributed by atoms with van der Waals surface area (Å²) in [4.78, 5) is 2.22. The second-order valence-electron chi connectivity index (χ2n) is 3.05. The van der Waals surface area contributed by atoms with Crippen molar-refractivity contribution in [2.45, 2.75) is 25.0 Å². The molecular formula is C7H16N2O. The maximum Gasteiger partial charge on any atom is 0.0570 e. The van der Waals surface area contributed by atoms with Crippen molar-refractivity contribution in [3.05, 3.63) is 0 Å². The lowest BCUT2D eigenvalue weighted by Gasteiger charge is -2.38. The van der Waals surface area contributed by atoms with Crippen LogP contribution in [0.15, 0.2) is 0 Å². The number of hydrogen-bond acceptors (Lipinski definition) is 3. The van der Waals surface area contributed by atoms with Gasteiger partial charge in [0.2, 0.25) is 0 Å². The number of nitrogens with zero attached hydrogens (tertiary/aromatic N) is 1. The van der Waals surface area contributed by atoms with E-state index in [-0.39, 0.29) is 6.10 Å². The molecule has 1 aliphatic rings. The average Bonchev–Trinajstić information content (AvgIpc) is 1.82. The molecule has 0 aromatic carbocycles. The molecular weight excluding hydrogens is 128 g/mol. The van der Waals surface area contributed by atoms with Gasteiger partial charge in [-0.3, -0.25) is 0 Å². The molecule has 60 valence electrons. The van der Waals surface area contributed by atoms with Gasteiger partial charge in [0.05, 0.1) is 6.10 Å². The van der Waals surface area contributed by atoms with Crippen LogP contribution in [0.4, 0.5) is 0 Å². The van der Waals surface area contributed by atoms with E-state index in [0.29, 0.717) is 12.6 Å². The number of nitrogens with two attached hydrogens (primary N) is 1. The molecule has 0 bridgehead atoms. The molecule has 3 nitrogen and oxygen atoms in total. The van der Waals surface area contributed by atoms with Crippen LogP contribution in [0.2, 0.25) is 0 Å². The first-order valence-corrected chi connectivity index (χ1v) is 3.82. The Morgan fingerprint density at radius 1 is 1.60 bits per heavy atom. The molecule has 1 saturated carbocycles. The number of rotatable bonds is 3. The predicted molar refractivity (Wildman–Crippen MR) is 40.7 cm³/mol. The van der Waals surface area contributed by atoms with Gasteiger partial charge in [-0.2, -0.15) is 0 Å². The van der Waals surface area contributed by atoms with Crippen molar-refractivity contribution in [1.29, 1.82) is 0 Å². The minimum absolute atomic E-state index is 0.0507. The maximum atomic E-state index is 8.98. The zero-order valence-corrected chi connectivity index (χ0v) is 6.45. The van der Waals surface area contributed by atoms with Crippen LogP contribution < -0.4 is 5.73 Å². The first-order valence-electron chi connectivity index (χ1n) is 3.82. The van der Waals surface area contributed by atoms with E-state index in [4.69, 9.17) is 10.8 Å². The van der Waals surface area contributed by atoms with E-state index in [1.54, 1.807) is 0 Å². The van der Waals surface area contributed by atoms with E-state index in [1.807, 2.05) is 0 Å². The Morgan fingerprint density at radius 2 is 2.20 bits per heavy atom. The third kappa shape index (κ3) is 1.68. The highest BCUT2D eigenvalue weighted by Gasteiger charge is 2.29. The Hall–Kier alpha value is -0.120. The Kier molecular flexibility index (Phi) is 2.65. The first kappa shape index (κ1) is 7.98. The summed E-state index contributed by atoms with van der Waals surface area (Å²) >= 11 is 0. The summed E-state index contributed by atoms with van der Waals surface area (Å²) in [5, 5.41) is 8.98. The zero-order valence-electron chi connectivity index (χ0n) is 6.45. The quantitative estimate of drug-likeness (QED) is 0.556. The van der Waals surface area contributed by atoms with Gasteiger partial charge in [0, 0.05) is 19.1 Å². The van der Waals surface area contributed by atoms with Crippen LogP contribution in [0.1, 0.15) is 12.8 Å². The van der Waals surface area contributed by atoms with E-state index in [1.165, 1.54) is 0 Å². The highest BCUT2D eigenvalue weighted by atomic mass is 16.3. The predicted octanol–water partition coefficient (Wildman–Crippen LogP) is -0.600. The third-order valence-corrected chi connectivity index (χ3v) is 2.19. The van der Waals surface area contributed by atoms with Crippen molar-refractivity contribution in [3.8, 4) is 0 Å². The van der Waals surface area contributed by atoms with Crippen LogP contribution in [-0.4, -0.2) is 42.3 Å². The van der Waals surface area contributed by atoms with Gasteiger partial charge in [-0.1, -0.05) is 0 Å². The van der Waals surface area contributed by atoms with Gasteiger partial charge in [0.1, 0.15) is 0 Å². The molecule has 0 saturated heterocycles. The summed E-state index contributed by atoms with van der Waals surface area (Å²) in [7, 11) is 2.06. The van der Waals surface area contributed by atoms with Gasteiger partial charge in [0.25, 0.3) is 0 Å². The molecule has 0 radical (unpaired) electrons. The van der Waals surface area contributed by atoms with E-state index < -0.39 is 0 Å². The van der Waals surface area contributed by atoms with Gasteiger partial charge < -0.3 is 15.7 Å². The number of aliphatic hydroxyl groups excluding tert-OH is 1. The first-order chi connectivity index (χ1) is 4.74. The monoisotopic (exact) mass is 144 g/mol. The van der Waals surface area contributed by atoms with Crippen LogP contribution >= 0.6 is 0 Å². The molecule has 0 amide bonds. The third-order valence-electron chi connectivity index (χ3n) is 2.19. The van der Waals surface area contributed by atoms with Gasteiger partial charge in [0.15, 0.2) is 0 Å². The minimum atomic E-state index is -0.0507. The zero-order chi connectivity index (χ0) is 7.56. The van der Waals surface area contributed by atoms with Crippen molar-refractivity contribution < 1.29 is 5.11 Å². The van der Waals surface area contributed by atoms with Crippen molar-refractivity contribution in [2.24, 2.45) is 5.73 Å². The van der Waals surface area contributed by atoms with Gasteiger partial charge in [-0.15, -0.1) is 0 Å². The summed E-state index contributed by atoms with van der Waals surface area (Å²) in [5.41, 5.74) is 5.38. The summed E-state index contributed by atoms with van der Waals surface area (Å²) in [5.74, 6) is 0. The Morgan fingerprint density at radius 3 is 2.60 bits per heavy atom. The molecule has 0 heterocycles. The lowest BCUT2D eigenvalue weighted by Crippen LogP contribution is -2.46. The molecule has 0 aliphatic heterocycles. The standard InChI is InChI=1S/C7H16N2O/c1-9(3-2-8)6-4-7(10)5-6/h6-7,10H,2-5,8H2,1H3. The lowest BCUT2D eigenvalue weighted by atomic mass is 9.88. The second kappa shape index (κ2) is 3.32. The van der Waals surface area contributed by atoms with Crippen molar-refractivity contribution in [2.75, 3.05) is 20.1 Å². The van der Waals surface area contributed by atoms with Crippen molar-refractivity contribution >= 4 is 0 Å². The van der Waals surface area contributed by atoms with Crippen LogP contribution in [0.25, 0.3) is 0 Å². The molecule has 0 aromatic heterocycles. The Bertz CT molecular complexity index is 99.0. The van der Waals surface area contributed by atoms with E-state index in [9.17, 15) is 0 Å². The van der Waals surface area contributed by atoms with Gasteiger partial charge in [-0.05, 0) is 19.9 Å². The Labute approximate surface area is 61.8 Å². The summed E-state index contributed by atoms with van der Waals surface area (Å²) in [6.45, 7) is 1.65.